The van der Waals surface area contributed by atoms with Crippen LogP contribution in [0.25, 0.3) is 5.69 Å². The number of carbonyl (C=O) groups is 3. The highest BCUT2D eigenvalue weighted by Gasteiger charge is 2.35. The van der Waals surface area contributed by atoms with Crippen molar-refractivity contribution in [3.63, 3.8) is 0 Å². The molecule has 0 unspecified atom stereocenters. The number of hydrogen-bond acceptors (Lipinski definition) is 6. The van der Waals surface area contributed by atoms with Gasteiger partial charge in [0.1, 0.15) is 11.9 Å². The summed E-state index contributed by atoms with van der Waals surface area (Å²) in [6.07, 6.45) is 7.56. The topological polar surface area (TPSA) is 143 Å². The Labute approximate surface area is 198 Å². The molecule has 1 heterocycles. The van der Waals surface area contributed by atoms with E-state index >= 15 is 0 Å². The number of benzene rings is 1. The first-order valence-electron chi connectivity index (χ1n) is 11.5. The van der Waals surface area contributed by atoms with Gasteiger partial charge in [-0.2, -0.15) is 0 Å². The van der Waals surface area contributed by atoms with E-state index in [0.717, 1.165) is 24.1 Å². The van der Waals surface area contributed by atoms with E-state index in [-0.39, 0.29) is 41.1 Å². The molecule has 0 atom stereocenters. The summed E-state index contributed by atoms with van der Waals surface area (Å²) in [7, 11) is 0. The third-order valence-corrected chi connectivity index (χ3v) is 6.26. The third-order valence-electron chi connectivity index (χ3n) is 6.26. The molecule has 6 N–H and O–H groups in total. The number of nitrogen functional groups attached to an aromatic ring is 1. The number of carbonyl (C=O) groups excluding carboxylic acids is 3. The van der Waals surface area contributed by atoms with Gasteiger partial charge in [-0.15, -0.1) is 0 Å². The van der Waals surface area contributed by atoms with Gasteiger partial charge in [-0.3, -0.25) is 14.4 Å². The molecule has 8 nitrogen and oxygen atoms in total. The SMILES string of the molecule is Cc1cn(-c2cc(N)c(C(N)=O)c(F)c2)c2c1C(=O)CC(C)(C)C2.NCC(=O)OC1CCCC1. The zero-order valence-electron chi connectivity index (χ0n) is 19.9. The van der Waals surface area contributed by atoms with Crippen LogP contribution in [0.5, 0.6) is 0 Å². The van der Waals surface area contributed by atoms with E-state index in [1.165, 1.54) is 25.0 Å². The van der Waals surface area contributed by atoms with Gasteiger partial charge >= 0.3 is 5.97 Å². The maximum atomic E-state index is 14.3. The average Bonchev–Trinajstić information content (AvgIpc) is 3.34. The Morgan fingerprint density at radius 2 is 1.85 bits per heavy atom. The van der Waals surface area contributed by atoms with Gasteiger partial charge in [0, 0.05) is 29.6 Å². The maximum absolute atomic E-state index is 14.3. The molecule has 34 heavy (non-hydrogen) atoms. The van der Waals surface area contributed by atoms with E-state index in [9.17, 15) is 18.8 Å². The molecule has 4 rings (SSSR count). The van der Waals surface area contributed by atoms with E-state index in [4.69, 9.17) is 21.9 Å². The number of amides is 1. The number of primary amides is 1. The molecule has 0 bridgehead atoms. The molecule has 184 valence electrons. The Morgan fingerprint density at radius 3 is 2.41 bits per heavy atom. The monoisotopic (exact) mass is 472 g/mol. The summed E-state index contributed by atoms with van der Waals surface area (Å²) in [4.78, 5) is 34.4. The van der Waals surface area contributed by atoms with Crippen molar-refractivity contribution in [2.24, 2.45) is 16.9 Å². The number of ketones is 1. The number of aromatic nitrogens is 1. The summed E-state index contributed by atoms with van der Waals surface area (Å²) in [5, 5.41) is 0. The van der Waals surface area contributed by atoms with Crippen LogP contribution in [-0.2, 0) is 16.0 Å². The second-order valence-electron chi connectivity index (χ2n) is 9.80. The molecule has 0 radical (unpaired) electrons. The number of fused-ring (bicyclic) bond motifs is 1. The molecule has 1 amide bonds. The van der Waals surface area contributed by atoms with Crippen molar-refractivity contribution in [3.05, 3.63) is 46.5 Å². The summed E-state index contributed by atoms with van der Waals surface area (Å²) in [6.45, 7) is 5.94. The van der Waals surface area contributed by atoms with E-state index in [1.807, 2.05) is 27.0 Å². The Balaban J connectivity index is 0.000000271. The van der Waals surface area contributed by atoms with E-state index in [1.54, 1.807) is 4.57 Å². The number of esters is 1. The number of ether oxygens (including phenoxy) is 1. The zero-order valence-corrected chi connectivity index (χ0v) is 19.9. The molecule has 2 aliphatic rings. The van der Waals surface area contributed by atoms with Crippen molar-refractivity contribution in [2.75, 3.05) is 12.3 Å². The van der Waals surface area contributed by atoms with E-state index in [0.29, 0.717) is 24.1 Å². The Hall–Kier alpha value is -3.20. The second kappa shape index (κ2) is 9.97. The molecule has 9 heteroatoms. The lowest BCUT2D eigenvalue weighted by Crippen LogP contribution is -2.28. The highest BCUT2D eigenvalue weighted by atomic mass is 19.1. The largest absolute Gasteiger partial charge is 0.461 e. The molecule has 1 aromatic carbocycles. The minimum Gasteiger partial charge on any atom is -0.461 e. The molecule has 1 fully saturated rings. The number of aryl methyl sites for hydroxylation is 1. The zero-order chi connectivity index (χ0) is 25.2. The number of nitrogens with zero attached hydrogens (tertiary/aromatic N) is 1. The van der Waals surface area contributed by atoms with E-state index in [2.05, 4.69) is 0 Å². The van der Waals surface area contributed by atoms with Crippen LogP contribution in [0, 0.1) is 18.2 Å². The first-order chi connectivity index (χ1) is 15.9. The fourth-order valence-corrected chi connectivity index (χ4v) is 4.76. The van der Waals surface area contributed by atoms with Gasteiger partial charge in [0.05, 0.1) is 17.8 Å². The molecule has 1 aromatic heterocycles. The fourth-order valence-electron chi connectivity index (χ4n) is 4.76. The standard InChI is InChI=1S/C18H20FN3O2.C7H13NO2/c1-9-8-22(13-6-18(2,3)7-14(23)15(9)13)10-4-11(19)16(17(21)24)12(20)5-10;8-5-7(9)10-6-3-1-2-4-6/h4-5,8H,6-7,20H2,1-3H3,(H2,21,24);6H,1-5,8H2. The summed E-state index contributed by atoms with van der Waals surface area (Å²) in [6, 6.07) is 2.73. The minimum absolute atomic E-state index is 0.0104. The maximum Gasteiger partial charge on any atom is 0.319 e. The predicted molar refractivity (Wildman–Crippen MR) is 127 cm³/mol. The van der Waals surface area contributed by atoms with Crippen LogP contribution in [0.3, 0.4) is 0 Å². The molecule has 0 spiro atoms. The molecular formula is C25H33FN4O4. The number of hydrogen-bond donors (Lipinski definition) is 3. The quantitative estimate of drug-likeness (QED) is 0.460. The van der Waals surface area contributed by atoms with Crippen LogP contribution in [0.1, 0.15) is 77.9 Å². The summed E-state index contributed by atoms with van der Waals surface area (Å²) >= 11 is 0. The molecule has 1 saturated carbocycles. The number of anilines is 1. The van der Waals surface area contributed by atoms with Crippen LogP contribution in [0.2, 0.25) is 0 Å². The smallest absolute Gasteiger partial charge is 0.319 e. The van der Waals surface area contributed by atoms with E-state index < -0.39 is 11.7 Å². The number of Topliss-reactive ketones (excluding diaryl/α,β-unsaturated/α-hetero) is 1. The van der Waals surface area contributed by atoms with Crippen molar-refractivity contribution in [1.29, 1.82) is 0 Å². The third kappa shape index (κ3) is 5.47. The lowest BCUT2D eigenvalue weighted by Gasteiger charge is -2.30. The van der Waals surface area contributed by atoms with Gasteiger partial charge in [-0.25, -0.2) is 4.39 Å². The summed E-state index contributed by atoms with van der Waals surface area (Å²) in [5.74, 6) is -1.84. The predicted octanol–water partition coefficient (Wildman–Crippen LogP) is 3.19. The van der Waals surface area contributed by atoms with Gasteiger partial charge in [0.15, 0.2) is 5.78 Å². The van der Waals surface area contributed by atoms with Gasteiger partial charge in [-0.1, -0.05) is 13.8 Å². The lowest BCUT2D eigenvalue weighted by atomic mass is 9.75. The van der Waals surface area contributed by atoms with Crippen molar-refractivity contribution >= 4 is 23.3 Å². The number of rotatable bonds is 4. The van der Waals surface area contributed by atoms with Gasteiger partial charge in [0.2, 0.25) is 0 Å². The minimum atomic E-state index is -0.904. The van der Waals surface area contributed by atoms with Crippen molar-refractivity contribution in [1.82, 2.24) is 4.57 Å². The molecule has 0 saturated heterocycles. The van der Waals surface area contributed by atoms with Crippen molar-refractivity contribution < 1.29 is 23.5 Å². The van der Waals surface area contributed by atoms with Crippen LogP contribution in [-0.4, -0.2) is 34.9 Å². The summed E-state index contributed by atoms with van der Waals surface area (Å²) < 4.78 is 21.0. The molecule has 0 aliphatic heterocycles. The van der Waals surface area contributed by atoms with Crippen LogP contribution in [0.15, 0.2) is 18.3 Å². The number of halogens is 1. The average molecular weight is 473 g/mol. The lowest BCUT2D eigenvalue weighted by molar-refractivity contribution is -0.146. The molecule has 2 aromatic rings. The fraction of sp³-hybridized carbons (Fsp3) is 0.480. The Bertz CT molecular complexity index is 1090. The van der Waals surface area contributed by atoms with Gasteiger partial charge in [-0.05, 0) is 62.1 Å². The highest BCUT2D eigenvalue weighted by Crippen LogP contribution is 2.38. The molecular weight excluding hydrogens is 439 g/mol. The van der Waals surface area contributed by atoms with Crippen molar-refractivity contribution in [3.8, 4) is 5.69 Å². The number of nitrogens with two attached hydrogens (primary N) is 3. The van der Waals surface area contributed by atoms with Crippen LogP contribution in [0.4, 0.5) is 10.1 Å². The molecule has 2 aliphatic carbocycles. The first-order valence-corrected chi connectivity index (χ1v) is 11.5. The Morgan fingerprint density at radius 1 is 1.21 bits per heavy atom. The van der Waals surface area contributed by atoms with Crippen LogP contribution >= 0.6 is 0 Å². The van der Waals surface area contributed by atoms with Crippen LogP contribution < -0.4 is 17.2 Å². The first kappa shape index (κ1) is 25.4. The van der Waals surface area contributed by atoms with Gasteiger partial charge in [0.25, 0.3) is 5.91 Å². The Kier molecular flexibility index (Phi) is 7.45. The van der Waals surface area contributed by atoms with Crippen molar-refractivity contribution in [2.45, 2.75) is 65.4 Å². The second-order valence-corrected chi connectivity index (χ2v) is 9.80. The highest BCUT2D eigenvalue weighted by molar-refractivity contribution is 6.01. The summed E-state index contributed by atoms with van der Waals surface area (Å²) in [5.41, 5.74) is 18.4. The normalized spacial score (nSPS) is 17.0. The van der Waals surface area contributed by atoms with Gasteiger partial charge < -0.3 is 26.5 Å².